The Morgan fingerprint density at radius 2 is 1.81 bits per heavy atom. The Morgan fingerprint density at radius 3 is 2.50 bits per heavy atom. The molecule has 4 aromatic rings. The SMILES string of the molecule is C=CC(=O)Nc1ccc(Oc2c(C)cccc2C)c(-c2cn(C)c(=O)c3oc(C)cc23)c1. The molecule has 6 heteroatoms. The van der Waals surface area contributed by atoms with Gasteiger partial charge in [0, 0.05) is 35.4 Å². The van der Waals surface area contributed by atoms with Gasteiger partial charge in [0.15, 0.2) is 5.58 Å². The van der Waals surface area contributed by atoms with Crippen LogP contribution in [0.4, 0.5) is 5.69 Å². The van der Waals surface area contributed by atoms with Gasteiger partial charge in [0.1, 0.15) is 17.3 Å². The number of carbonyl (C=O) groups excluding carboxylic acids is 1. The molecule has 0 unspecified atom stereocenters. The summed E-state index contributed by atoms with van der Waals surface area (Å²) in [7, 11) is 1.68. The lowest BCUT2D eigenvalue weighted by molar-refractivity contribution is -0.111. The number of hydrogen-bond acceptors (Lipinski definition) is 4. The number of aryl methyl sites for hydroxylation is 4. The first-order valence-electron chi connectivity index (χ1n) is 10.2. The molecule has 0 aliphatic heterocycles. The van der Waals surface area contributed by atoms with Crippen LogP contribution in [-0.4, -0.2) is 10.5 Å². The van der Waals surface area contributed by atoms with Crippen LogP contribution in [-0.2, 0) is 11.8 Å². The van der Waals surface area contributed by atoms with E-state index in [9.17, 15) is 9.59 Å². The zero-order valence-electron chi connectivity index (χ0n) is 18.5. The van der Waals surface area contributed by atoms with Crippen molar-refractivity contribution >= 4 is 22.6 Å². The van der Waals surface area contributed by atoms with Crippen LogP contribution in [0.3, 0.4) is 0 Å². The second kappa shape index (κ2) is 8.23. The van der Waals surface area contributed by atoms with E-state index in [1.54, 1.807) is 26.2 Å². The highest BCUT2D eigenvalue weighted by Gasteiger charge is 2.18. The highest BCUT2D eigenvalue weighted by Crippen LogP contribution is 2.40. The topological polar surface area (TPSA) is 73.5 Å². The summed E-state index contributed by atoms with van der Waals surface area (Å²) < 4.78 is 13.6. The number of ether oxygens (including phenoxy) is 1. The van der Waals surface area contributed by atoms with Gasteiger partial charge in [-0.2, -0.15) is 0 Å². The third-order valence-corrected chi connectivity index (χ3v) is 5.33. The van der Waals surface area contributed by atoms with Gasteiger partial charge in [0.05, 0.1) is 0 Å². The number of nitrogens with one attached hydrogen (secondary N) is 1. The summed E-state index contributed by atoms with van der Waals surface area (Å²) in [5.74, 6) is 1.68. The molecule has 0 radical (unpaired) electrons. The van der Waals surface area contributed by atoms with Crippen molar-refractivity contribution in [1.29, 1.82) is 0 Å². The number of benzene rings is 2. The molecule has 0 saturated heterocycles. The van der Waals surface area contributed by atoms with E-state index >= 15 is 0 Å². The Hall–Kier alpha value is -4.06. The summed E-state index contributed by atoms with van der Waals surface area (Å²) >= 11 is 0. The van der Waals surface area contributed by atoms with Gasteiger partial charge < -0.3 is 19.0 Å². The zero-order chi connectivity index (χ0) is 23.0. The molecule has 6 nitrogen and oxygen atoms in total. The van der Waals surface area contributed by atoms with Crippen molar-refractivity contribution in [2.75, 3.05) is 5.32 Å². The molecule has 32 heavy (non-hydrogen) atoms. The van der Waals surface area contributed by atoms with Gasteiger partial charge >= 0.3 is 0 Å². The number of pyridine rings is 1. The summed E-state index contributed by atoms with van der Waals surface area (Å²) in [5.41, 5.74) is 4.13. The molecule has 4 rings (SSSR count). The lowest BCUT2D eigenvalue weighted by atomic mass is 10.0. The maximum absolute atomic E-state index is 12.6. The molecule has 0 saturated carbocycles. The van der Waals surface area contributed by atoms with Crippen LogP contribution in [0.15, 0.2) is 70.5 Å². The first-order chi connectivity index (χ1) is 15.3. The molecule has 2 heterocycles. The van der Waals surface area contributed by atoms with Crippen molar-refractivity contribution in [3.8, 4) is 22.6 Å². The molecule has 0 bridgehead atoms. The second-order valence-corrected chi connectivity index (χ2v) is 7.79. The number of para-hydroxylation sites is 1. The first kappa shape index (κ1) is 21.2. The maximum Gasteiger partial charge on any atom is 0.293 e. The van der Waals surface area contributed by atoms with Crippen LogP contribution < -0.4 is 15.6 Å². The van der Waals surface area contributed by atoms with Crippen LogP contribution in [0.1, 0.15) is 16.9 Å². The van der Waals surface area contributed by atoms with Gasteiger partial charge in [-0.1, -0.05) is 24.8 Å². The van der Waals surface area contributed by atoms with Gasteiger partial charge in [0.2, 0.25) is 5.91 Å². The van der Waals surface area contributed by atoms with Gasteiger partial charge in [-0.25, -0.2) is 0 Å². The van der Waals surface area contributed by atoms with Crippen LogP contribution in [0.25, 0.3) is 22.1 Å². The predicted molar refractivity (Wildman–Crippen MR) is 126 cm³/mol. The third kappa shape index (κ3) is 3.83. The van der Waals surface area contributed by atoms with Crippen LogP contribution >= 0.6 is 0 Å². The number of aromatic nitrogens is 1. The number of nitrogens with zero attached hydrogens (tertiary/aromatic N) is 1. The van der Waals surface area contributed by atoms with Gasteiger partial charge in [0.25, 0.3) is 5.56 Å². The lowest BCUT2D eigenvalue weighted by Gasteiger charge is -2.17. The number of fused-ring (bicyclic) bond motifs is 1. The largest absolute Gasteiger partial charge is 0.456 e. The van der Waals surface area contributed by atoms with Crippen molar-refractivity contribution < 1.29 is 13.9 Å². The summed E-state index contributed by atoms with van der Waals surface area (Å²) in [4.78, 5) is 24.5. The maximum atomic E-state index is 12.6. The fraction of sp³-hybridized carbons (Fsp3) is 0.154. The minimum Gasteiger partial charge on any atom is -0.456 e. The van der Waals surface area contributed by atoms with Crippen LogP contribution in [0.2, 0.25) is 0 Å². The highest BCUT2D eigenvalue weighted by atomic mass is 16.5. The van der Waals surface area contributed by atoms with Crippen molar-refractivity contribution in [2.45, 2.75) is 20.8 Å². The Kier molecular flexibility index (Phi) is 5.45. The highest BCUT2D eigenvalue weighted by molar-refractivity contribution is 6.01. The monoisotopic (exact) mass is 428 g/mol. The van der Waals surface area contributed by atoms with Gasteiger partial charge in [-0.3, -0.25) is 9.59 Å². The molecule has 0 aliphatic carbocycles. The fourth-order valence-corrected chi connectivity index (χ4v) is 3.74. The number of amides is 1. The van der Waals surface area contributed by atoms with E-state index in [1.807, 2.05) is 50.2 Å². The van der Waals surface area contributed by atoms with Crippen molar-refractivity contribution in [1.82, 2.24) is 4.57 Å². The molecule has 2 aromatic carbocycles. The molecule has 0 atom stereocenters. The van der Waals surface area contributed by atoms with E-state index in [1.165, 1.54) is 10.6 Å². The Balaban J connectivity index is 1.97. The normalized spacial score (nSPS) is 10.9. The number of furan rings is 1. The number of rotatable bonds is 5. The minimum absolute atomic E-state index is 0.217. The molecular weight excluding hydrogens is 404 g/mol. The molecule has 0 spiro atoms. The molecule has 2 aromatic heterocycles. The van der Waals surface area contributed by atoms with E-state index in [4.69, 9.17) is 9.15 Å². The molecule has 1 amide bonds. The van der Waals surface area contributed by atoms with Crippen LogP contribution in [0.5, 0.6) is 11.5 Å². The minimum atomic E-state index is -0.316. The van der Waals surface area contributed by atoms with Crippen molar-refractivity contribution in [3.05, 3.63) is 88.6 Å². The average Bonchev–Trinajstić information content (AvgIpc) is 3.16. The standard InChI is InChI=1S/C26H24N2O4/c1-6-23(29)27-18-10-11-22(32-24-15(2)8-7-9-16(24)3)19(13-18)21-14-28(5)26(30)25-20(21)12-17(4)31-25/h6-14H,1H2,2-5H3,(H,27,29). The van der Waals surface area contributed by atoms with E-state index in [2.05, 4.69) is 11.9 Å². The van der Waals surface area contributed by atoms with Gasteiger partial charge in [-0.15, -0.1) is 0 Å². The van der Waals surface area contributed by atoms with E-state index in [0.717, 1.165) is 28.0 Å². The van der Waals surface area contributed by atoms with Crippen molar-refractivity contribution in [2.24, 2.45) is 7.05 Å². The smallest absolute Gasteiger partial charge is 0.293 e. The Bertz CT molecular complexity index is 1410. The van der Waals surface area contributed by atoms with Crippen molar-refractivity contribution in [3.63, 3.8) is 0 Å². The number of anilines is 1. The molecule has 1 N–H and O–H groups in total. The Labute approximate surface area is 185 Å². The summed E-state index contributed by atoms with van der Waals surface area (Å²) in [5, 5.41) is 3.47. The number of carbonyl (C=O) groups is 1. The first-order valence-corrected chi connectivity index (χ1v) is 10.2. The summed E-state index contributed by atoms with van der Waals surface area (Å²) in [6.07, 6.45) is 2.97. The van der Waals surface area contributed by atoms with E-state index < -0.39 is 0 Å². The van der Waals surface area contributed by atoms with Crippen LogP contribution in [0, 0.1) is 20.8 Å². The lowest BCUT2D eigenvalue weighted by Crippen LogP contribution is -2.15. The fourth-order valence-electron chi connectivity index (χ4n) is 3.74. The summed E-state index contributed by atoms with van der Waals surface area (Å²) in [6, 6.07) is 13.2. The van der Waals surface area contributed by atoms with Gasteiger partial charge in [-0.05, 0) is 62.2 Å². The summed E-state index contributed by atoms with van der Waals surface area (Å²) in [6.45, 7) is 9.29. The van der Waals surface area contributed by atoms with E-state index in [-0.39, 0.29) is 17.0 Å². The molecule has 0 fully saturated rings. The quantitative estimate of drug-likeness (QED) is 0.418. The second-order valence-electron chi connectivity index (χ2n) is 7.79. The Morgan fingerprint density at radius 1 is 1.09 bits per heavy atom. The zero-order valence-corrected chi connectivity index (χ0v) is 18.5. The molecule has 0 aliphatic rings. The average molecular weight is 428 g/mol. The molecule has 162 valence electrons. The predicted octanol–water partition coefficient (Wildman–Crippen LogP) is 5.64. The molecular formula is C26H24N2O4. The third-order valence-electron chi connectivity index (χ3n) is 5.33. The number of hydrogen-bond donors (Lipinski definition) is 1. The van der Waals surface area contributed by atoms with E-state index in [0.29, 0.717) is 22.6 Å².